The number of guanidine groups is 1. The van der Waals surface area contributed by atoms with E-state index in [0.717, 1.165) is 5.56 Å². The Kier molecular flexibility index (Phi) is 4.34. The first-order valence-corrected chi connectivity index (χ1v) is 6.01. The summed E-state index contributed by atoms with van der Waals surface area (Å²) >= 11 is 0. The molecule has 106 valence electrons. The number of phenols is 1. The first-order chi connectivity index (χ1) is 9.58. The molecule has 2 rings (SSSR count). The minimum atomic E-state index is -0.952. The van der Waals surface area contributed by atoms with Gasteiger partial charge >= 0.3 is 0 Å². The normalized spacial score (nSPS) is 20.0. The number of aliphatic hydroxyl groups is 2. The minimum absolute atomic E-state index is 0.00833. The Morgan fingerprint density at radius 2 is 1.95 bits per heavy atom. The summed E-state index contributed by atoms with van der Waals surface area (Å²) in [6.07, 6.45) is 0.658. The third kappa shape index (κ3) is 3.56. The van der Waals surface area contributed by atoms with Gasteiger partial charge in [0.15, 0.2) is 0 Å². The van der Waals surface area contributed by atoms with Gasteiger partial charge in [-0.1, -0.05) is 12.1 Å². The Morgan fingerprint density at radius 3 is 2.60 bits per heavy atom. The first kappa shape index (κ1) is 14.0. The van der Waals surface area contributed by atoms with Gasteiger partial charge in [0.2, 0.25) is 5.96 Å². The average Bonchev–Trinajstić information content (AvgIpc) is 2.79. The predicted octanol–water partition coefficient (Wildman–Crippen LogP) is -0.838. The first-order valence-electron chi connectivity index (χ1n) is 6.01. The van der Waals surface area contributed by atoms with E-state index in [0.29, 0.717) is 5.70 Å². The molecular formula is C13H15N3O4. The molecule has 20 heavy (non-hydrogen) atoms. The molecule has 1 unspecified atom stereocenters. The largest absolute Gasteiger partial charge is 0.508 e. The van der Waals surface area contributed by atoms with Crippen molar-refractivity contribution in [2.75, 3.05) is 13.2 Å². The van der Waals surface area contributed by atoms with Gasteiger partial charge in [-0.05, 0) is 23.8 Å². The molecule has 1 heterocycles. The molecule has 7 heteroatoms. The van der Waals surface area contributed by atoms with Gasteiger partial charge in [-0.15, -0.1) is 0 Å². The zero-order valence-electron chi connectivity index (χ0n) is 10.6. The second-order valence-corrected chi connectivity index (χ2v) is 4.25. The molecule has 0 radical (unpaired) electrons. The number of nitrogens with one attached hydrogen (secondary N) is 2. The molecule has 1 aromatic rings. The van der Waals surface area contributed by atoms with E-state index in [2.05, 4.69) is 15.6 Å². The number of rotatable bonds is 4. The zero-order valence-corrected chi connectivity index (χ0v) is 10.6. The van der Waals surface area contributed by atoms with Crippen molar-refractivity contribution < 1.29 is 20.1 Å². The van der Waals surface area contributed by atoms with Crippen LogP contribution in [0, 0.1) is 0 Å². The third-order valence-corrected chi connectivity index (χ3v) is 2.60. The number of phenolic OH excluding ortho intramolecular Hbond substituents is 1. The van der Waals surface area contributed by atoms with Gasteiger partial charge < -0.3 is 20.6 Å². The van der Waals surface area contributed by atoms with Crippen LogP contribution in [0.25, 0.3) is 6.08 Å². The van der Waals surface area contributed by atoms with E-state index in [9.17, 15) is 15.0 Å². The van der Waals surface area contributed by atoms with Crippen LogP contribution in [0.2, 0.25) is 0 Å². The highest BCUT2D eigenvalue weighted by Crippen LogP contribution is 2.13. The lowest BCUT2D eigenvalue weighted by molar-refractivity contribution is -0.115. The van der Waals surface area contributed by atoms with Gasteiger partial charge in [0.1, 0.15) is 11.4 Å². The molecule has 1 aliphatic rings. The Hall–Kier alpha value is -2.38. The van der Waals surface area contributed by atoms with E-state index in [-0.39, 0.29) is 30.8 Å². The molecule has 1 fully saturated rings. The maximum absolute atomic E-state index is 11.7. The predicted molar refractivity (Wildman–Crippen MR) is 72.8 cm³/mol. The summed E-state index contributed by atoms with van der Waals surface area (Å²) in [6.45, 7) is -0.396. The fourth-order valence-electron chi connectivity index (χ4n) is 1.56. The van der Waals surface area contributed by atoms with Crippen LogP contribution in [0.15, 0.2) is 35.0 Å². The lowest BCUT2D eigenvalue weighted by Gasteiger charge is -2.03. The maximum atomic E-state index is 11.7. The Bertz CT molecular complexity index is 551. The van der Waals surface area contributed by atoms with Crippen LogP contribution >= 0.6 is 0 Å². The minimum Gasteiger partial charge on any atom is -0.508 e. The average molecular weight is 277 g/mol. The lowest BCUT2D eigenvalue weighted by Crippen LogP contribution is -2.27. The number of carbonyl (C=O) groups is 1. The van der Waals surface area contributed by atoms with Crippen molar-refractivity contribution in [2.45, 2.75) is 6.10 Å². The summed E-state index contributed by atoms with van der Waals surface area (Å²) in [4.78, 5) is 15.6. The molecule has 1 saturated heterocycles. The molecule has 7 nitrogen and oxygen atoms in total. The number of hydrogen-bond donors (Lipinski definition) is 5. The smallest absolute Gasteiger partial charge is 0.274 e. The molecule has 0 bridgehead atoms. The van der Waals surface area contributed by atoms with Crippen LogP contribution in [0.4, 0.5) is 0 Å². The number of nitrogens with zero attached hydrogens (tertiary/aromatic N) is 1. The monoisotopic (exact) mass is 277 g/mol. The molecular weight excluding hydrogens is 262 g/mol. The van der Waals surface area contributed by atoms with Crippen LogP contribution in [0.5, 0.6) is 5.75 Å². The second kappa shape index (κ2) is 6.18. The van der Waals surface area contributed by atoms with Crippen LogP contribution in [0.1, 0.15) is 5.56 Å². The third-order valence-electron chi connectivity index (χ3n) is 2.60. The molecule has 0 aliphatic carbocycles. The van der Waals surface area contributed by atoms with Gasteiger partial charge in [-0.3, -0.25) is 10.1 Å². The van der Waals surface area contributed by atoms with E-state index in [1.165, 1.54) is 12.1 Å². The second-order valence-electron chi connectivity index (χ2n) is 4.25. The van der Waals surface area contributed by atoms with Crippen molar-refractivity contribution in [3.05, 3.63) is 35.5 Å². The summed E-state index contributed by atoms with van der Waals surface area (Å²) in [5.74, 6) is 0.0408. The van der Waals surface area contributed by atoms with Gasteiger partial charge in [-0.25, -0.2) is 4.99 Å². The number of benzene rings is 1. The standard InChI is InChI=1S/C13H15N3O4/c17-7-10(19)6-14-13-15-11(12(20)16-13)5-8-1-3-9(18)4-2-8/h1-5,10,17-19H,6-7H2,(H2,14,15,16,20)/b11-5+. The lowest BCUT2D eigenvalue weighted by atomic mass is 10.2. The van der Waals surface area contributed by atoms with Gasteiger partial charge in [0.05, 0.1) is 19.3 Å². The maximum Gasteiger partial charge on any atom is 0.274 e. The fourth-order valence-corrected chi connectivity index (χ4v) is 1.56. The van der Waals surface area contributed by atoms with E-state index >= 15 is 0 Å². The Balaban J connectivity index is 2.07. The fraction of sp³-hybridized carbons (Fsp3) is 0.231. The van der Waals surface area contributed by atoms with Crippen LogP contribution in [0.3, 0.4) is 0 Å². The van der Waals surface area contributed by atoms with Crippen LogP contribution < -0.4 is 10.6 Å². The van der Waals surface area contributed by atoms with Crippen molar-refractivity contribution in [3.63, 3.8) is 0 Å². The summed E-state index contributed by atoms with van der Waals surface area (Å²) < 4.78 is 0. The number of aliphatic hydroxyl groups excluding tert-OH is 2. The summed E-state index contributed by atoms with van der Waals surface area (Å²) in [5.41, 5.74) is 1.06. The Morgan fingerprint density at radius 1 is 1.25 bits per heavy atom. The molecule has 0 saturated carbocycles. The molecule has 5 N–H and O–H groups in total. The molecule has 0 aromatic heterocycles. The number of amides is 1. The van der Waals surface area contributed by atoms with Crippen LogP contribution in [-0.2, 0) is 4.79 Å². The SMILES string of the molecule is O=C1NC(=NCC(O)CO)N/C1=C/c1ccc(O)cc1. The van der Waals surface area contributed by atoms with E-state index in [1.54, 1.807) is 18.2 Å². The van der Waals surface area contributed by atoms with Crippen molar-refractivity contribution in [1.82, 2.24) is 10.6 Å². The van der Waals surface area contributed by atoms with Gasteiger partial charge in [-0.2, -0.15) is 0 Å². The molecule has 1 amide bonds. The summed E-state index contributed by atoms with van der Waals surface area (Å²) in [6, 6.07) is 6.38. The highest BCUT2D eigenvalue weighted by molar-refractivity contribution is 6.15. The number of carbonyl (C=O) groups excluding carboxylic acids is 1. The number of aromatic hydroxyl groups is 1. The molecule has 1 atom stereocenters. The van der Waals surface area contributed by atoms with Gasteiger partial charge in [0.25, 0.3) is 5.91 Å². The number of aliphatic imine (C=N–C) groups is 1. The van der Waals surface area contributed by atoms with E-state index in [1.807, 2.05) is 0 Å². The Labute approximate surface area is 115 Å². The summed E-state index contributed by atoms with van der Waals surface area (Å²) in [5, 5.41) is 32.3. The van der Waals surface area contributed by atoms with Crippen molar-refractivity contribution >= 4 is 17.9 Å². The van der Waals surface area contributed by atoms with Crippen molar-refractivity contribution in [2.24, 2.45) is 4.99 Å². The van der Waals surface area contributed by atoms with E-state index in [4.69, 9.17) is 5.11 Å². The van der Waals surface area contributed by atoms with Crippen molar-refractivity contribution in [1.29, 1.82) is 0 Å². The summed E-state index contributed by atoms with van der Waals surface area (Å²) in [7, 11) is 0. The quantitative estimate of drug-likeness (QED) is 0.461. The highest BCUT2D eigenvalue weighted by Gasteiger charge is 2.21. The topological polar surface area (TPSA) is 114 Å². The van der Waals surface area contributed by atoms with Gasteiger partial charge in [0, 0.05) is 0 Å². The van der Waals surface area contributed by atoms with Crippen LogP contribution in [-0.4, -0.2) is 46.4 Å². The highest BCUT2D eigenvalue weighted by atomic mass is 16.3. The van der Waals surface area contributed by atoms with Crippen molar-refractivity contribution in [3.8, 4) is 5.75 Å². The zero-order chi connectivity index (χ0) is 14.5. The molecule has 1 aromatic carbocycles. The molecule has 0 spiro atoms. The number of hydrogen-bond acceptors (Lipinski definition) is 5. The van der Waals surface area contributed by atoms with E-state index < -0.39 is 6.10 Å². The molecule has 1 aliphatic heterocycles.